The number of aryl methyl sites for hydroxylation is 1. The maximum Gasteiger partial charge on any atom is 0.246 e. The Morgan fingerprint density at radius 3 is 2.31 bits per heavy atom. The number of sulfonamides is 1. The summed E-state index contributed by atoms with van der Waals surface area (Å²) in [6, 6.07) is 10.3. The van der Waals surface area contributed by atoms with Gasteiger partial charge in [0.25, 0.3) is 0 Å². The van der Waals surface area contributed by atoms with Gasteiger partial charge in [-0.1, -0.05) is 42.5 Å². The Balaban J connectivity index is 1.33. The standard InChI is InChI=1S/C23H33N5O3S/c1-20-23(32(29,30)27-15-17-31-18-16-27)21(2)28(24-20)19-26-13-11-25(12-14-26)10-6-9-22-7-4-3-5-8-22/h3-9H,10-19H2,1-2H3. The molecular formula is C23H33N5O3S. The first-order chi connectivity index (χ1) is 15.4. The smallest absolute Gasteiger partial charge is 0.246 e. The molecule has 2 aliphatic heterocycles. The van der Waals surface area contributed by atoms with Gasteiger partial charge < -0.3 is 4.74 Å². The molecule has 2 aliphatic rings. The van der Waals surface area contributed by atoms with Crippen LogP contribution in [0.1, 0.15) is 17.0 Å². The van der Waals surface area contributed by atoms with E-state index in [0.29, 0.717) is 49.3 Å². The van der Waals surface area contributed by atoms with Crippen LogP contribution in [0.5, 0.6) is 0 Å². The molecule has 0 unspecified atom stereocenters. The van der Waals surface area contributed by atoms with E-state index in [-0.39, 0.29) is 0 Å². The molecule has 3 heterocycles. The van der Waals surface area contributed by atoms with E-state index in [0.717, 1.165) is 32.7 Å². The van der Waals surface area contributed by atoms with Crippen molar-refractivity contribution in [1.29, 1.82) is 0 Å². The Morgan fingerprint density at radius 1 is 0.969 bits per heavy atom. The first kappa shape index (κ1) is 23.1. The van der Waals surface area contributed by atoms with Crippen LogP contribution in [0.15, 0.2) is 41.3 Å². The van der Waals surface area contributed by atoms with Gasteiger partial charge in [-0.05, 0) is 19.4 Å². The minimum atomic E-state index is -3.55. The predicted octanol–water partition coefficient (Wildman–Crippen LogP) is 1.81. The van der Waals surface area contributed by atoms with E-state index in [9.17, 15) is 8.42 Å². The van der Waals surface area contributed by atoms with Crippen molar-refractivity contribution in [2.75, 3.05) is 59.0 Å². The molecule has 0 N–H and O–H groups in total. The minimum Gasteiger partial charge on any atom is -0.379 e. The molecule has 0 amide bonds. The molecule has 0 atom stereocenters. The summed E-state index contributed by atoms with van der Waals surface area (Å²) in [5.74, 6) is 0. The summed E-state index contributed by atoms with van der Waals surface area (Å²) in [5, 5.41) is 4.58. The molecule has 1 aromatic carbocycles. The van der Waals surface area contributed by atoms with Gasteiger partial charge in [-0.15, -0.1) is 0 Å². The van der Waals surface area contributed by atoms with Gasteiger partial charge in [0.05, 0.1) is 31.3 Å². The molecule has 2 fully saturated rings. The fourth-order valence-corrected chi connectivity index (χ4v) is 6.09. The zero-order valence-electron chi connectivity index (χ0n) is 19.0. The molecule has 0 spiro atoms. The number of hydrogen-bond donors (Lipinski definition) is 0. The van der Waals surface area contributed by atoms with Gasteiger partial charge >= 0.3 is 0 Å². The van der Waals surface area contributed by atoms with Crippen LogP contribution < -0.4 is 0 Å². The molecule has 32 heavy (non-hydrogen) atoms. The molecule has 9 heteroatoms. The van der Waals surface area contributed by atoms with Crippen molar-refractivity contribution in [2.24, 2.45) is 0 Å². The van der Waals surface area contributed by atoms with Crippen LogP contribution in [-0.2, 0) is 21.4 Å². The van der Waals surface area contributed by atoms with Crippen molar-refractivity contribution >= 4 is 16.1 Å². The number of hydrogen-bond acceptors (Lipinski definition) is 6. The fraction of sp³-hybridized carbons (Fsp3) is 0.522. The largest absolute Gasteiger partial charge is 0.379 e. The van der Waals surface area contributed by atoms with Gasteiger partial charge in [-0.25, -0.2) is 8.42 Å². The normalized spacial score (nSPS) is 19.7. The van der Waals surface area contributed by atoms with Crippen LogP contribution in [0.3, 0.4) is 0 Å². The summed E-state index contributed by atoms with van der Waals surface area (Å²) >= 11 is 0. The monoisotopic (exact) mass is 459 g/mol. The third kappa shape index (κ3) is 5.29. The van der Waals surface area contributed by atoms with Gasteiger partial charge in [0.2, 0.25) is 10.0 Å². The topological polar surface area (TPSA) is 70.9 Å². The molecular weight excluding hydrogens is 426 g/mol. The van der Waals surface area contributed by atoms with Crippen molar-refractivity contribution in [2.45, 2.75) is 25.4 Å². The Bertz CT molecular complexity index is 1020. The molecule has 0 saturated carbocycles. The lowest BCUT2D eigenvalue weighted by atomic mass is 10.2. The summed E-state index contributed by atoms with van der Waals surface area (Å²) in [4.78, 5) is 5.12. The first-order valence-corrected chi connectivity index (χ1v) is 12.7. The maximum atomic E-state index is 13.2. The van der Waals surface area contributed by atoms with Crippen molar-refractivity contribution in [3.63, 3.8) is 0 Å². The van der Waals surface area contributed by atoms with Crippen molar-refractivity contribution in [3.05, 3.63) is 53.4 Å². The van der Waals surface area contributed by atoms with Crippen molar-refractivity contribution in [3.8, 4) is 0 Å². The number of nitrogens with zero attached hydrogens (tertiary/aromatic N) is 5. The van der Waals surface area contributed by atoms with Crippen LogP contribution in [-0.4, -0.2) is 91.3 Å². The van der Waals surface area contributed by atoms with Crippen LogP contribution in [0, 0.1) is 13.8 Å². The second kappa shape index (κ2) is 10.3. The fourth-order valence-electron chi connectivity index (χ4n) is 4.31. The summed E-state index contributed by atoms with van der Waals surface area (Å²) in [7, 11) is -3.55. The summed E-state index contributed by atoms with van der Waals surface area (Å²) < 4.78 is 35.0. The molecule has 174 valence electrons. The lowest BCUT2D eigenvalue weighted by Gasteiger charge is -2.34. The highest BCUT2D eigenvalue weighted by Crippen LogP contribution is 2.24. The van der Waals surface area contributed by atoms with Crippen molar-refractivity contribution in [1.82, 2.24) is 23.9 Å². The summed E-state index contributed by atoms with van der Waals surface area (Å²) in [5.41, 5.74) is 2.50. The van der Waals surface area contributed by atoms with Crippen molar-refractivity contribution < 1.29 is 13.2 Å². The zero-order valence-corrected chi connectivity index (χ0v) is 19.8. The van der Waals surface area contributed by atoms with E-state index < -0.39 is 10.0 Å². The van der Waals surface area contributed by atoms with E-state index in [1.54, 1.807) is 6.92 Å². The van der Waals surface area contributed by atoms with Gasteiger partial charge in [0, 0.05) is 45.8 Å². The molecule has 0 bridgehead atoms. The van der Waals surface area contributed by atoms with Crippen LogP contribution in [0.2, 0.25) is 0 Å². The number of rotatable bonds is 7. The summed E-state index contributed by atoms with van der Waals surface area (Å²) in [6.07, 6.45) is 4.38. The number of ether oxygens (including phenoxy) is 1. The Morgan fingerprint density at radius 2 is 1.62 bits per heavy atom. The molecule has 2 saturated heterocycles. The highest BCUT2D eigenvalue weighted by Gasteiger charge is 2.32. The number of piperazine rings is 1. The van der Waals surface area contributed by atoms with Gasteiger partial charge in [-0.2, -0.15) is 9.40 Å². The third-order valence-corrected chi connectivity index (χ3v) is 8.31. The lowest BCUT2D eigenvalue weighted by molar-refractivity contribution is 0.0730. The van der Waals surface area contributed by atoms with E-state index in [1.165, 1.54) is 9.87 Å². The lowest BCUT2D eigenvalue weighted by Crippen LogP contribution is -2.46. The zero-order chi connectivity index (χ0) is 22.6. The Hall–Kier alpha value is -2.04. The quantitative estimate of drug-likeness (QED) is 0.629. The van der Waals surface area contributed by atoms with Crippen LogP contribution in [0.25, 0.3) is 6.08 Å². The highest BCUT2D eigenvalue weighted by molar-refractivity contribution is 7.89. The average molecular weight is 460 g/mol. The van der Waals surface area contributed by atoms with Gasteiger partial charge in [0.15, 0.2) is 0 Å². The Labute approximate surface area is 191 Å². The maximum absolute atomic E-state index is 13.2. The Kier molecular flexibility index (Phi) is 7.42. The summed E-state index contributed by atoms with van der Waals surface area (Å²) in [6.45, 7) is 10.7. The molecule has 1 aromatic heterocycles. The number of benzene rings is 1. The average Bonchev–Trinajstić information content (AvgIpc) is 3.09. The highest BCUT2D eigenvalue weighted by atomic mass is 32.2. The molecule has 2 aromatic rings. The van der Waals surface area contributed by atoms with E-state index in [2.05, 4.69) is 51.3 Å². The number of morpholine rings is 1. The third-order valence-electron chi connectivity index (χ3n) is 6.16. The van der Waals surface area contributed by atoms with E-state index in [1.807, 2.05) is 17.7 Å². The number of aromatic nitrogens is 2. The van der Waals surface area contributed by atoms with Gasteiger partial charge in [-0.3, -0.25) is 14.5 Å². The SMILES string of the molecule is Cc1nn(CN2CCN(CC=Cc3ccccc3)CC2)c(C)c1S(=O)(=O)N1CCOCC1. The van der Waals surface area contributed by atoms with E-state index >= 15 is 0 Å². The molecule has 8 nitrogen and oxygen atoms in total. The molecule has 0 radical (unpaired) electrons. The first-order valence-electron chi connectivity index (χ1n) is 11.2. The van der Waals surface area contributed by atoms with Crippen LogP contribution in [0.4, 0.5) is 0 Å². The minimum absolute atomic E-state index is 0.351. The molecule has 0 aliphatic carbocycles. The van der Waals surface area contributed by atoms with Gasteiger partial charge in [0.1, 0.15) is 4.90 Å². The second-order valence-electron chi connectivity index (χ2n) is 8.39. The van der Waals surface area contributed by atoms with Crippen LogP contribution >= 0.6 is 0 Å². The molecule has 4 rings (SSSR count). The second-order valence-corrected chi connectivity index (χ2v) is 10.3. The van der Waals surface area contributed by atoms with E-state index in [4.69, 9.17) is 4.74 Å². The predicted molar refractivity (Wildman–Crippen MR) is 125 cm³/mol.